The highest BCUT2D eigenvalue weighted by molar-refractivity contribution is 5.81. The van der Waals surface area contributed by atoms with E-state index in [9.17, 15) is 14.4 Å². The first-order chi connectivity index (χ1) is 12.6. The van der Waals surface area contributed by atoms with Crippen molar-refractivity contribution in [1.82, 2.24) is 14.5 Å². The third-order valence-electron chi connectivity index (χ3n) is 4.01. The van der Waals surface area contributed by atoms with Crippen molar-refractivity contribution in [3.05, 3.63) is 45.1 Å². The van der Waals surface area contributed by atoms with E-state index in [0.29, 0.717) is 43.5 Å². The second-order valence-electron chi connectivity index (χ2n) is 5.89. The van der Waals surface area contributed by atoms with E-state index in [4.69, 9.17) is 9.47 Å². The number of para-hydroxylation sites is 1. The van der Waals surface area contributed by atoms with Gasteiger partial charge in [-0.3, -0.25) is 18.7 Å². The molecule has 142 valence electrons. The Bertz CT molecular complexity index is 856. The van der Waals surface area contributed by atoms with Gasteiger partial charge in [0.05, 0.1) is 10.9 Å². The van der Waals surface area contributed by atoms with Crippen LogP contribution in [0.15, 0.2) is 33.9 Å². The number of ether oxygens (including phenoxy) is 2. The lowest BCUT2D eigenvalue weighted by atomic mass is 10.2. The van der Waals surface area contributed by atoms with E-state index in [0.717, 1.165) is 0 Å². The van der Waals surface area contributed by atoms with Crippen LogP contribution in [0.4, 0.5) is 0 Å². The standard InChI is InChI=1S/C18H25N3O5/c1-25-11-5-9-19-16(22)13-21-15-8-4-3-7-14(15)17(23)20(18(21)24)10-6-12-26-2/h3-4,7-8H,5-6,9-13H2,1-2H3,(H,19,22). The maximum atomic E-state index is 12.8. The number of carbonyl (C=O) groups excluding carboxylic acids is 1. The summed E-state index contributed by atoms with van der Waals surface area (Å²) in [5.74, 6) is -0.282. The first kappa shape index (κ1) is 19.9. The molecule has 8 nitrogen and oxygen atoms in total. The summed E-state index contributed by atoms with van der Waals surface area (Å²) in [6.45, 7) is 1.56. The molecule has 26 heavy (non-hydrogen) atoms. The normalized spacial score (nSPS) is 11.0. The van der Waals surface area contributed by atoms with Gasteiger partial charge in [-0.1, -0.05) is 12.1 Å². The smallest absolute Gasteiger partial charge is 0.331 e. The SMILES string of the molecule is COCCCNC(=O)Cn1c(=O)n(CCCOC)c(=O)c2ccccc21. The van der Waals surface area contributed by atoms with Crippen molar-refractivity contribution in [2.45, 2.75) is 25.9 Å². The maximum absolute atomic E-state index is 12.8. The van der Waals surface area contributed by atoms with Gasteiger partial charge in [0.2, 0.25) is 5.91 Å². The third-order valence-corrected chi connectivity index (χ3v) is 4.01. The fraction of sp³-hybridized carbons (Fsp3) is 0.500. The molecule has 2 rings (SSSR count). The van der Waals surface area contributed by atoms with Crippen LogP contribution >= 0.6 is 0 Å². The van der Waals surface area contributed by atoms with E-state index in [2.05, 4.69) is 5.32 Å². The minimum atomic E-state index is -0.489. The van der Waals surface area contributed by atoms with Crippen LogP contribution in [0.1, 0.15) is 12.8 Å². The highest BCUT2D eigenvalue weighted by Gasteiger charge is 2.14. The molecule has 0 saturated carbocycles. The molecule has 0 unspecified atom stereocenters. The van der Waals surface area contributed by atoms with Crippen molar-refractivity contribution in [3.8, 4) is 0 Å². The second-order valence-corrected chi connectivity index (χ2v) is 5.89. The van der Waals surface area contributed by atoms with Crippen LogP contribution in [0.5, 0.6) is 0 Å². The van der Waals surface area contributed by atoms with Crippen molar-refractivity contribution < 1.29 is 14.3 Å². The minimum absolute atomic E-state index is 0.142. The lowest BCUT2D eigenvalue weighted by Gasteiger charge is -2.14. The number of nitrogens with zero attached hydrogens (tertiary/aromatic N) is 2. The quantitative estimate of drug-likeness (QED) is 0.615. The fourth-order valence-electron chi connectivity index (χ4n) is 2.73. The highest BCUT2D eigenvalue weighted by Crippen LogP contribution is 2.07. The van der Waals surface area contributed by atoms with Crippen LogP contribution in [0.3, 0.4) is 0 Å². The molecule has 1 aromatic carbocycles. The van der Waals surface area contributed by atoms with Gasteiger partial charge >= 0.3 is 5.69 Å². The number of hydrogen-bond acceptors (Lipinski definition) is 5. The summed E-state index contributed by atoms with van der Waals surface area (Å²) in [5.41, 5.74) is -0.382. The van der Waals surface area contributed by atoms with Gasteiger partial charge in [0.1, 0.15) is 6.54 Å². The number of methoxy groups -OCH3 is 2. The molecule has 0 saturated heterocycles. The van der Waals surface area contributed by atoms with Gasteiger partial charge < -0.3 is 14.8 Å². The van der Waals surface area contributed by atoms with Gasteiger partial charge in [-0.25, -0.2) is 4.79 Å². The Balaban J connectivity index is 2.33. The predicted molar refractivity (Wildman–Crippen MR) is 98.5 cm³/mol. The largest absolute Gasteiger partial charge is 0.385 e. The van der Waals surface area contributed by atoms with Crippen molar-refractivity contribution in [3.63, 3.8) is 0 Å². The maximum Gasteiger partial charge on any atom is 0.331 e. The first-order valence-corrected chi connectivity index (χ1v) is 8.57. The number of amides is 1. The summed E-state index contributed by atoms with van der Waals surface area (Å²) in [6.07, 6.45) is 1.22. The lowest BCUT2D eigenvalue weighted by Crippen LogP contribution is -2.43. The minimum Gasteiger partial charge on any atom is -0.385 e. The molecular formula is C18H25N3O5. The Morgan fingerprint density at radius 1 is 1.04 bits per heavy atom. The lowest BCUT2D eigenvalue weighted by molar-refractivity contribution is -0.121. The molecule has 0 aliphatic heterocycles. The predicted octanol–water partition coefficient (Wildman–Crippen LogP) is 0.352. The van der Waals surface area contributed by atoms with Crippen molar-refractivity contribution in [1.29, 1.82) is 0 Å². The molecule has 0 aliphatic rings. The van der Waals surface area contributed by atoms with E-state index in [1.807, 2.05) is 0 Å². The van der Waals surface area contributed by atoms with Crippen molar-refractivity contribution >= 4 is 16.8 Å². The van der Waals surface area contributed by atoms with Gasteiger partial charge in [0.15, 0.2) is 0 Å². The number of hydrogen-bond donors (Lipinski definition) is 1. The van der Waals surface area contributed by atoms with Gasteiger partial charge in [0.25, 0.3) is 5.56 Å². The van der Waals surface area contributed by atoms with Crippen LogP contribution in [-0.2, 0) is 27.4 Å². The number of benzene rings is 1. The molecule has 1 aromatic heterocycles. The molecule has 0 radical (unpaired) electrons. The van der Waals surface area contributed by atoms with Crippen LogP contribution in [-0.4, -0.2) is 49.0 Å². The molecule has 1 amide bonds. The van der Waals surface area contributed by atoms with E-state index < -0.39 is 5.69 Å². The Kier molecular flexibility index (Phi) is 7.55. The zero-order chi connectivity index (χ0) is 18.9. The highest BCUT2D eigenvalue weighted by atomic mass is 16.5. The molecule has 0 aliphatic carbocycles. The van der Waals surface area contributed by atoms with Gasteiger partial charge in [-0.15, -0.1) is 0 Å². The molecule has 0 spiro atoms. The Hall–Kier alpha value is -2.45. The van der Waals surface area contributed by atoms with Crippen molar-refractivity contribution in [2.75, 3.05) is 34.0 Å². The number of carbonyl (C=O) groups is 1. The summed E-state index contributed by atoms with van der Waals surface area (Å²) in [6, 6.07) is 6.82. The molecule has 0 bridgehead atoms. The van der Waals surface area contributed by atoms with E-state index in [1.165, 1.54) is 9.13 Å². The molecular weight excluding hydrogens is 338 g/mol. The Morgan fingerprint density at radius 3 is 2.46 bits per heavy atom. The monoisotopic (exact) mass is 363 g/mol. The zero-order valence-corrected chi connectivity index (χ0v) is 15.2. The van der Waals surface area contributed by atoms with E-state index in [-0.39, 0.29) is 24.6 Å². The van der Waals surface area contributed by atoms with Crippen molar-refractivity contribution in [2.24, 2.45) is 0 Å². The van der Waals surface area contributed by atoms with E-state index in [1.54, 1.807) is 38.5 Å². The molecule has 1 N–H and O–H groups in total. The molecule has 8 heteroatoms. The van der Waals surface area contributed by atoms with Crippen LogP contribution < -0.4 is 16.6 Å². The zero-order valence-electron chi connectivity index (χ0n) is 15.2. The number of fused-ring (bicyclic) bond motifs is 1. The van der Waals surface area contributed by atoms with Gasteiger partial charge in [-0.2, -0.15) is 0 Å². The molecule has 0 fully saturated rings. The van der Waals surface area contributed by atoms with Crippen LogP contribution in [0.2, 0.25) is 0 Å². The average Bonchev–Trinajstić information content (AvgIpc) is 2.65. The van der Waals surface area contributed by atoms with Crippen LogP contribution in [0, 0.1) is 0 Å². The number of nitrogens with one attached hydrogen (secondary N) is 1. The summed E-state index contributed by atoms with van der Waals surface area (Å²) in [7, 11) is 3.16. The number of aromatic nitrogens is 2. The Labute approximate surface area is 151 Å². The summed E-state index contributed by atoms with van der Waals surface area (Å²) in [4.78, 5) is 37.6. The first-order valence-electron chi connectivity index (χ1n) is 8.57. The summed E-state index contributed by atoms with van der Waals surface area (Å²) in [5, 5.41) is 3.17. The van der Waals surface area contributed by atoms with Crippen LogP contribution in [0.25, 0.3) is 10.9 Å². The summed E-state index contributed by atoms with van der Waals surface area (Å²) < 4.78 is 12.4. The summed E-state index contributed by atoms with van der Waals surface area (Å²) >= 11 is 0. The average molecular weight is 363 g/mol. The second kappa shape index (κ2) is 9.88. The van der Waals surface area contributed by atoms with Gasteiger partial charge in [-0.05, 0) is 25.0 Å². The molecule has 2 aromatic rings. The molecule has 1 heterocycles. The third kappa shape index (κ3) is 4.80. The topological polar surface area (TPSA) is 91.6 Å². The number of rotatable bonds is 10. The Morgan fingerprint density at radius 2 is 1.73 bits per heavy atom. The van der Waals surface area contributed by atoms with E-state index >= 15 is 0 Å². The fourth-order valence-corrected chi connectivity index (χ4v) is 2.73. The van der Waals surface area contributed by atoms with Gasteiger partial charge in [0, 0.05) is 40.5 Å². The molecule has 0 atom stereocenters.